The molecular weight excluding hydrogens is 340 g/mol. The average Bonchev–Trinajstić information content (AvgIpc) is 2.68. The number of aromatic nitrogens is 2. The van der Waals surface area contributed by atoms with Crippen LogP contribution in [0.2, 0.25) is 0 Å². The van der Waals surface area contributed by atoms with E-state index in [9.17, 15) is 9.59 Å². The summed E-state index contributed by atoms with van der Waals surface area (Å²) in [7, 11) is 0. The molecule has 0 fully saturated rings. The van der Waals surface area contributed by atoms with Crippen LogP contribution in [0, 0.1) is 5.92 Å². The topological polar surface area (TPSA) is 84.0 Å². The second-order valence-corrected chi connectivity index (χ2v) is 6.70. The Morgan fingerprint density at radius 3 is 2.63 bits per heavy atom. The van der Waals surface area contributed by atoms with Crippen molar-refractivity contribution < 1.29 is 9.59 Å². The maximum absolute atomic E-state index is 12.6. The largest absolute Gasteiger partial charge is 0.352 e. The summed E-state index contributed by atoms with van der Waals surface area (Å²) < 4.78 is 0. The first kappa shape index (κ1) is 18.5. The van der Waals surface area contributed by atoms with Gasteiger partial charge in [0.25, 0.3) is 11.8 Å². The molecule has 0 aliphatic heterocycles. The van der Waals surface area contributed by atoms with Gasteiger partial charge in [0, 0.05) is 29.9 Å². The number of nitrogens with zero attached hydrogens (tertiary/aromatic N) is 2. The lowest BCUT2D eigenvalue weighted by atomic mass is 10.1. The minimum atomic E-state index is -0.384. The van der Waals surface area contributed by atoms with Crippen LogP contribution in [0.3, 0.4) is 0 Å². The number of para-hydroxylation sites is 1. The molecule has 138 valence electrons. The van der Waals surface area contributed by atoms with Crippen molar-refractivity contribution in [3.05, 3.63) is 66.1 Å². The van der Waals surface area contributed by atoms with Crippen molar-refractivity contribution >= 4 is 28.4 Å². The second kappa shape index (κ2) is 8.40. The summed E-state index contributed by atoms with van der Waals surface area (Å²) in [4.78, 5) is 33.3. The Morgan fingerprint density at radius 1 is 1.00 bits per heavy atom. The minimum absolute atomic E-state index is 0.180. The van der Waals surface area contributed by atoms with E-state index in [1.165, 1.54) is 12.3 Å². The molecule has 0 radical (unpaired) electrons. The number of amides is 2. The number of fused-ring (bicyclic) bond motifs is 1. The Bertz CT molecular complexity index is 964. The van der Waals surface area contributed by atoms with Crippen molar-refractivity contribution in [2.75, 3.05) is 11.9 Å². The number of pyridine rings is 2. The van der Waals surface area contributed by atoms with Gasteiger partial charge in [0.2, 0.25) is 0 Å². The van der Waals surface area contributed by atoms with E-state index in [0.29, 0.717) is 29.2 Å². The zero-order valence-corrected chi connectivity index (χ0v) is 15.4. The van der Waals surface area contributed by atoms with E-state index in [1.807, 2.05) is 24.3 Å². The van der Waals surface area contributed by atoms with Crippen molar-refractivity contribution in [2.24, 2.45) is 5.92 Å². The van der Waals surface area contributed by atoms with Crippen molar-refractivity contribution in [1.82, 2.24) is 15.3 Å². The van der Waals surface area contributed by atoms with Gasteiger partial charge < -0.3 is 10.6 Å². The monoisotopic (exact) mass is 362 g/mol. The van der Waals surface area contributed by atoms with Gasteiger partial charge in [0.05, 0.1) is 11.2 Å². The fourth-order valence-corrected chi connectivity index (χ4v) is 2.66. The Hall–Kier alpha value is -3.28. The van der Waals surface area contributed by atoms with Crippen LogP contribution in [0.1, 0.15) is 41.1 Å². The van der Waals surface area contributed by atoms with Gasteiger partial charge in [-0.25, -0.2) is 0 Å². The number of rotatable bonds is 6. The smallest absolute Gasteiger partial charge is 0.274 e. The standard InChI is InChI=1S/C21H22N4O2/c1-14(2)8-11-24-20(26)16-9-12-22-18(13-16)21(27)25-17-7-3-5-15-6-4-10-23-19(15)17/h3-7,9-10,12-14H,8,11H2,1-2H3,(H,24,26)(H,25,27). The zero-order valence-electron chi connectivity index (χ0n) is 15.4. The van der Waals surface area contributed by atoms with Gasteiger partial charge in [-0.15, -0.1) is 0 Å². The van der Waals surface area contributed by atoms with Gasteiger partial charge in [-0.3, -0.25) is 19.6 Å². The highest BCUT2D eigenvalue weighted by Gasteiger charge is 2.13. The molecular formula is C21H22N4O2. The molecule has 3 aromatic rings. The first-order valence-electron chi connectivity index (χ1n) is 8.94. The first-order chi connectivity index (χ1) is 13.0. The first-order valence-corrected chi connectivity index (χ1v) is 8.94. The van der Waals surface area contributed by atoms with E-state index in [4.69, 9.17) is 0 Å². The van der Waals surface area contributed by atoms with Crippen molar-refractivity contribution in [3.63, 3.8) is 0 Å². The third-order valence-electron chi connectivity index (χ3n) is 4.14. The summed E-state index contributed by atoms with van der Waals surface area (Å²) in [5.74, 6) is -0.0812. The third-order valence-corrected chi connectivity index (χ3v) is 4.14. The van der Waals surface area contributed by atoms with Crippen LogP contribution < -0.4 is 10.6 Å². The van der Waals surface area contributed by atoms with E-state index >= 15 is 0 Å². The van der Waals surface area contributed by atoms with Crippen molar-refractivity contribution in [1.29, 1.82) is 0 Å². The fourth-order valence-electron chi connectivity index (χ4n) is 2.66. The molecule has 2 N–H and O–H groups in total. The number of anilines is 1. The molecule has 0 saturated carbocycles. The van der Waals surface area contributed by atoms with Crippen LogP contribution in [0.5, 0.6) is 0 Å². The van der Waals surface area contributed by atoms with E-state index in [-0.39, 0.29) is 17.5 Å². The van der Waals surface area contributed by atoms with Crippen LogP contribution in [-0.4, -0.2) is 28.3 Å². The van der Waals surface area contributed by atoms with Gasteiger partial charge >= 0.3 is 0 Å². The molecule has 0 bridgehead atoms. The van der Waals surface area contributed by atoms with E-state index in [0.717, 1.165) is 11.8 Å². The second-order valence-electron chi connectivity index (χ2n) is 6.70. The Kier molecular flexibility index (Phi) is 5.76. The van der Waals surface area contributed by atoms with Gasteiger partial charge in [-0.05, 0) is 36.6 Å². The molecule has 0 saturated heterocycles. The highest BCUT2D eigenvalue weighted by Crippen LogP contribution is 2.21. The predicted molar refractivity (Wildman–Crippen MR) is 106 cm³/mol. The molecule has 0 spiro atoms. The molecule has 27 heavy (non-hydrogen) atoms. The lowest BCUT2D eigenvalue weighted by Gasteiger charge is -2.09. The molecule has 0 unspecified atom stereocenters. The molecule has 0 aliphatic carbocycles. The van der Waals surface area contributed by atoms with Crippen molar-refractivity contribution in [3.8, 4) is 0 Å². The number of carbonyl (C=O) groups is 2. The third kappa shape index (κ3) is 4.67. The van der Waals surface area contributed by atoms with Crippen LogP contribution in [0.15, 0.2) is 54.9 Å². The summed E-state index contributed by atoms with van der Waals surface area (Å²) in [6.07, 6.45) is 4.05. The number of hydrogen-bond acceptors (Lipinski definition) is 4. The van der Waals surface area contributed by atoms with E-state index in [1.54, 1.807) is 18.3 Å². The van der Waals surface area contributed by atoms with E-state index in [2.05, 4.69) is 34.4 Å². The van der Waals surface area contributed by atoms with Gasteiger partial charge in [-0.1, -0.05) is 32.0 Å². The SMILES string of the molecule is CC(C)CCNC(=O)c1ccnc(C(=O)Nc2cccc3cccnc23)c1. The van der Waals surface area contributed by atoms with Crippen LogP contribution >= 0.6 is 0 Å². The van der Waals surface area contributed by atoms with Crippen LogP contribution in [0.4, 0.5) is 5.69 Å². The summed E-state index contributed by atoms with van der Waals surface area (Å²) in [5, 5.41) is 6.62. The normalized spacial score (nSPS) is 10.8. The van der Waals surface area contributed by atoms with Crippen LogP contribution in [0.25, 0.3) is 10.9 Å². The minimum Gasteiger partial charge on any atom is -0.352 e. The Morgan fingerprint density at radius 2 is 1.81 bits per heavy atom. The van der Waals surface area contributed by atoms with Crippen molar-refractivity contribution in [2.45, 2.75) is 20.3 Å². The number of carbonyl (C=O) groups excluding carboxylic acids is 2. The molecule has 0 atom stereocenters. The number of hydrogen-bond donors (Lipinski definition) is 2. The highest BCUT2D eigenvalue weighted by atomic mass is 16.2. The summed E-state index contributed by atoms with van der Waals surface area (Å²) in [6.45, 7) is 4.80. The predicted octanol–water partition coefficient (Wildman–Crippen LogP) is 3.66. The number of benzene rings is 1. The molecule has 6 heteroatoms. The Labute approximate surface area is 158 Å². The van der Waals surface area contributed by atoms with Gasteiger partial charge in [0.1, 0.15) is 5.69 Å². The maximum Gasteiger partial charge on any atom is 0.274 e. The molecule has 1 aromatic carbocycles. The maximum atomic E-state index is 12.6. The lowest BCUT2D eigenvalue weighted by molar-refractivity contribution is 0.0952. The van der Waals surface area contributed by atoms with Gasteiger partial charge in [0.15, 0.2) is 0 Å². The summed E-state index contributed by atoms with van der Waals surface area (Å²) >= 11 is 0. The molecule has 2 heterocycles. The fraction of sp³-hybridized carbons (Fsp3) is 0.238. The summed E-state index contributed by atoms with van der Waals surface area (Å²) in [5.41, 5.74) is 1.90. The molecule has 3 rings (SSSR count). The average molecular weight is 362 g/mol. The lowest BCUT2D eigenvalue weighted by Crippen LogP contribution is -2.26. The Balaban J connectivity index is 1.74. The molecule has 2 amide bonds. The molecule has 0 aliphatic rings. The number of nitrogens with one attached hydrogen (secondary N) is 2. The van der Waals surface area contributed by atoms with E-state index < -0.39 is 0 Å². The van der Waals surface area contributed by atoms with Gasteiger partial charge in [-0.2, -0.15) is 0 Å². The molecule has 6 nitrogen and oxygen atoms in total. The zero-order chi connectivity index (χ0) is 19.2. The van der Waals surface area contributed by atoms with Crippen LogP contribution in [-0.2, 0) is 0 Å². The quantitative estimate of drug-likeness (QED) is 0.701. The molecule has 2 aromatic heterocycles. The summed E-state index contributed by atoms with van der Waals surface area (Å²) in [6, 6.07) is 12.4. The highest BCUT2D eigenvalue weighted by molar-refractivity contribution is 6.08.